The Bertz CT molecular complexity index is 367. The Balaban J connectivity index is 1.87. The van der Waals surface area contributed by atoms with Gasteiger partial charge in [-0.05, 0) is 43.4 Å². The first-order valence-electron chi connectivity index (χ1n) is 5.72. The monoisotopic (exact) mass is 221 g/mol. The maximum atomic E-state index is 9.41. The van der Waals surface area contributed by atoms with Gasteiger partial charge in [0, 0.05) is 12.2 Å². The van der Waals surface area contributed by atoms with Crippen LogP contribution in [0.5, 0.6) is 0 Å². The van der Waals surface area contributed by atoms with Crippen LogP contribution in [0.15, 0.2) is 18.2 Å². The molecule has 1 aliphatic carbocycles. The molecule has 1 aliphatic rings. The number of aliphatic hydroxyl groups is 1. The molecule has 0 spiro atoms. The SMILES string of the molecule is Nc1ccc(NCC2CCC(O)C2)cc1N. The van der Waals surface area contributed by atoms with Crippen LogP contribution < -0.4 is 16.8 Å². The number of rotatable bonds is 3. The largest absolute Gasteiger partial charge is 0.397 e. The second-order valence-corrected chi connectivity index (χ2v) is 4.56. The second-order valence-electron chi connectivity index (χ2n) is 4.56. The van der Waals surface area contributed by atoms with Crippen molar-refractivity contribution < 1.29 is 5.11 Å². The maximum Gasteiger partial charge on any atom is 0.0568 e. The summed E-state index contributed by atoms with van der Waals surface area (Å²) >= 11 is 0. The summed E-state index contributed by atoms with van der Waals surface area (Å²) in [7, 11) is 0. The van der Waals surface area contributed by atoms with Crippen LogP contribution in [0.25, 0.3) is 0 Å². The van der Waals surface area contributed by atoms with Crippen molar-refractivity contribution in [3.8, 4) is 0 Å². The van der Waals surface area contributed by atoms with E-state index in [2.05, 4.69) is 5.32 Å². The summed E-state index contributed by atoms with van der Waals surface area (Å²) in [6.07, 6.45) is 2.81. The third-order valence-corrected chi connectivity index (χ3v) is 3.20. The molecular weight excluding hydrogens is 202 g/mol. The normalized spacial score (nSPS) is 24.6. The van der Waals surface area contributed by atoms with Gasteiger partial charge in [-0.25, -0.2) is 0 Å². The van der Waals surface area contributed by atoms with E-state index in [0.29, 0.717) is 17.3 Å². The number of nitrogens with two attached hydrogens (primary N) is 2. The van der Waals surface area contributed by atoms with Crippen LogP contribution in [-0.4, -0.2) is 17.8 Å². The predicted octanol–water partition coefficient (Wildman–Crippen LogP) is 1.42. The molecule has 1 fully saturated rings. The van der Waals surface area contributed by atoms with E-state index in [9.17, 15) is 5.11 Å². The highest BCUT2D eigenvalue weighted by Crippen LogP contribution is 2.26. The zero-order valence-electron chi connectivity index (χ0n) is 9.32. The number of hydrogen-bond donors (Lipinski definition) is 4. The lowest BCUT2D eigenvalue weighted by atomic mass is 10.1. The zero-order chi connectivity index (χ0) is 11.5. The van der Waals surface area contributed by atoms with Crippen LogP contribution in [0, 0.1) is 5.92 Å². The summed E-state index contributed by atoms with van der Waals surface area (Å²) in [4.78, 5) is 0. The average molecular weight is 221 g/mol. The van der Waals surface area contributed by atoms with Crippen LogP contribution in [0.1, 0.15) is 19.3 Å². The molecule has 0 heterocycles. The minimum Gasteiger partial charge on any atom is -0.397 e. The van der Waals surface area contributed by atoms with E-state index in [4.69, 9.17) is 11.5 Å². The summed E-state index contributed by atoms with van der Waals surface area (Å²) < 4.78 is 0. The maximum absolute atomic E-state index is 9.41. The lowest BCUT2D eigenvalue weighted by molar-refractivity contribution is 0.178. The fourth-order valence-corrected chi connectivity index (χ4v) is 2.18. The van der Waals surface area contributed by atoms with Crippen molar-refractivity contribution >= 4 is 17.1 Å². The molecule has 0 amide bonds. The Labute approximate surface area is 95.6 Å². The number of benzene rings is 1. The van der Waals surface area contributed by atoms with E-state index in [0.717, 1.165) is 31.5 Å². The van der Waals surface area contributed by atoms with Gasteiger partial charge in [-0.2, -0.15) is 0 Å². The molecule has 2 rings (SSSR count). The van der Waals surface area contributed by atoms with Crippen molar-refractivity contribution in [1.29, 1.82) is 0 Å². The number of nitrogen functional groups attached to an aromatic ring is 2. The highest BCUT2D eigenvalue weighted by atomic mass is 16.3. The Kier molecular flexibility index (Phi) is 3.19. The summed E-state index contributed by atoms with van der Waals surface area (Å²) in [5, 5.41) is 12.7. The highest BCUT2D eigenvalue weighted by molar-refractivity contribution is 5.69. The topological polar surface area (TPSA) is 84.3 Å². The van der Waals surface area contributed by atoms with Crippen LogP contribution in [0.3, 0.4) is 0 Å². The van der Waals surface area contributed by atoms with E-state index in [1.165, 1.54) is 0 Å². The zero-order valence-corrected chi connectivity index (χ0v) is 9.32. The van der Waals surface area contributed by atoms with Crippen LogP contribution >= 0.6 is 0 Å². The van der Waals surface area contributed by atoms with Gasteiger partial charge in [0.1, 0.15) is 0 Å². The van der Waals surface area contributed by atoms with E-state index in [1.54, 1.807) is 6.07 Å². The van der Waals surface area contributed by atoms with Gasteiger partial charge in [-0.1, -0.05) is 0 Å². The fraction of sp³-hybridized carbons (Fsp3) is 0.500. The molecule has 0 aromatic heterocycles. The lowest BCUT2D eigenvalue weighted by Gasteiger charge is -2.12. The summed E-state index contributed by atoms with van der Waals surface area (Å²) in [6, 6.07) is 5.58. The van der Waals surface area contributed by atoms with E-state index in [1.807, 2.05) is 12.1 Å². The van der Waals surface area contributed by atoms with Gasteiger partial charge in [0.25, 0.3) is 0 Å². The van der Waals surface area contributed by atoms with E-state index in [-0.39, 0.29) is 6.10 Å². The molecule has 2 unspecified atom stereocenters. The molecule has 88 valence electrons. The van der Waals surface area contributed by atoms with Crippen molar-refractivity contribution in [3.05, 3.63) is 18.2 Å². The fourth-order valence-electron chi connectivity index (χ4n) is 2.18. The van der Waals surface area contributed by atoms with E-state index >= 15 is 0 Å². The van der Waals surface area contributed by atoms with Gasteiger partial charge in [0.15, 0.2) is 0 Å². The van der Waals surface area contributed by atoms with Gasteiger partial charge in [-0.3, -0.25) is 0 Å². The number of anilines is 3. The molecular formula is C12H19N3O. The summed E-state index contributed by atoms with van der Waals surface area (Å²) in [5.41, 5.74) is 13.6. The minimum absolute atomic E-state index is 0.108. The predicted molar refractivity (Wildman–Crippen MR) is 67.1 cm³/mol. The molecule has 0 radical (unpaired) electrons. The van der Waals surface area contributed by atoms with Gasteiger partial charge < -0.3 is 21.9 Å². The van der Waals surface area contributed by atoms with Crippen molar-refractivity contribution in [3.63, 3.8) is 0 Å². The molecule has 1 aromatic carbocycles. The van der Waals surface area contributed by atoms with E-state index < -0.39 is 0 Å². The first-order valence-corrected chi connectivity index (χ1v) is 5.72. The quantitative estimate of drug-likeness (QED) is 0.582. The third kappa shape index (κ3) is 2.58. The Hall–Kier alpha value is -1.42. The molecule has 0 saturated heterocycles. The molecule has 1 saturated carbocycles. The molecule has 4 heteroatoms. The lowest BCUT2D eigenvalue weighted by Crippen LogP contribution is -2.12. The average Bonchev–Trinajstić information content (AvgIpc) is 2.66. The smallest absolute Gasteiger partial charge is 0.0568 e. The van der Waals surface area contributed by atoms with Crippen molar-refractivity contribution in [2.24, 2.45) is 5.92 Å². The van der Waals surface area contributed by atoms with Gasteiger partial charge in [-0.15, -0.1) is 0 Å². The molecule has 2 atom stereocenters. The second kappa shape index (κ2) is 4.61. The molecule has 1 aromatic rings. The van der Waals surface area contributed by atoms with Gasteiger partial charge >= 0.3 is 0 Å². The first-order chi connectivity index (χ1) is 7.65. The number of hydrogen-bond acceptors (Lipinski definition) is 4. The van der Waals surface area contributed by atoms with Crippen LogP contribution in [-0.2, 0) is 0 Å². The minimum atomic E-state index is -0.108. The van der Waals surface area contributed by atoms with Crippen LogP contribution in [0.4, 0.5) is 17.1 Å². The third-order valence-electron chi connectivity index (χ3n) is 3.20. The highest BCUT2D eigenvalue weighted by Gasteiger charge is 2.22. The molecule has 0 aliphatic heterocycles. The molecule has 6 N–H and O–H groups in total. The Morgan fingerprint density at radius 2 is 2.06 bits per heavy atom. The Morgan fingerprint density at radius 3 is 2.69 bits per heavy atom. The standard InChI is InChI=1S/C12H19N3O/c13-11-4-2-9(6-12(11)14)15-7-8-1-3-10(16)5-8/h2,4,6,8,10,15-16H,1,3,5,7,13-14H2. The summed E-state index contributed by atoms with van der Waals surface area (Å²) in [5.74, 6) is 0.564. The number of nitrogens with one attached hydrogen (secondary N) is 1. The van der Waals surface area contributed by atoms with Crippen LogP contribution in [0.2, 0.25) is 0 Å². The van der Waals surface area contributed by atoms with Crippen molar-refractivity contribution in [1.82, 2.24) is 0 Å². The van der Waals surface area contributed by atoms with Gasteiger partial charge in [0.05, 0.1) is 17.5 Å². The number of aliphatic hydroxyl groups excluding tert-OH is 1. The van der Waals surface area contributed by atoms with Crippen molar-refractivity contribution in [2.75, 3.05) is 23.3 Å². The molecule has 16 heavy (non-hydrogen) atoms. The van der Waals surface area contributed by atoms with Crippen molar-refractivity contribution in [2.45, 2.75) is 25.4 Å². The van der Waals surface area contributed by atoms with Gasteiger partial charge in [0.2, 0.25) is 0 Å². The summed E-state index contributed by atoms with van der Waals surface area (Å²) in [6.45, 7) is 0.889. The Morgan fingerprint density at radius 1 is 1.25 bits per heavy atom. The first kappa shape index (κ1) is 11.1. The molecule has 0 bridgehead atoms. The molecule has 4 nitrogen and oxygen atoms in total.